The topological polar surface area (TPSA) is 53.6 Å². The molecule has 0 unspecified atom stereocenters. The van der Waals surface area contributed by atoms with Crippen LogP contribution in [0.4, 0.5) is 15.9 Å². The molecule has 2 aromatic heterocycles. The molecule has 0 radical (unpaired) electrons. The Morgan fingerprint density at radius 2 is 1.92 bits per heavy atom. The van der Waals surface area contributed by atoms with Crippen molar-refractivity contribution < 1.29 is 4.39 Å². The van der Waals surface area contributed by atoms with Crippen LogP contribution in [0.25, 0.3) is 22.2 Å². The fraction of sp³-hybridized carbons (Fsp3) is 0.0526. The van der Waals surface area contributed by atoms with Crippen molar-refractivity contribution in [2.45, 2.75) is 6.92 Å². The molecule has 4 aromatic rings. The van der Waals surface area contributed by atoms with Gasteiger partial charge in [0.2, 0.25) is 0 Å². The van der Waals surface area contributed by atoms with E-state index in [2.05, 4.69) is 20.5 Å². The molecule has 4 nitrogen and oxygen atoms in total. The number of benzene rings is 2. The summed E-state index contributed by atoms with van der Waals surface area (Å²) in [5.41, 5.74) is 4.03. The predicted octanol–water partition coefficient (Wildman–Crippen LogP) is 5.47. The molecular weight excluding hydrogens is 339 g/mol. The maximum Gasteiger partial charge on any atom is 0.160 e. The van der Waals surface area contributed by atoms with Crippen molar-refractivity contribution in [1.82, 2.24) is 15.2 Å². The Bertz CT molecular complexity index is 1070. The number of aryl methyl sites for hydroxylation is 1. The maximum absolute atomic E-state index is 13.5. The summed E-state index contributed by atoms with van der Waals surface area (Å²) in [5.74, 6) is 0.254. The maximum atomic E-state index is 13.5. The summed E-state index contributed by atoms with van der Waals surface area (Å²) in [6.07, 6.45) is 0. The van der Waals surface area contributed by atoms with Crippen molar-refractivity contribution >= 4 is 34.0 Å². The van der Waals surface area contributed by atoms with Crippen LogP contribution in [0.2, 0.25) is 5.02 Å². The second kappa shape index (κ2) is 6.18. The van der Waals surface area contributed by atoms with E-state index in [4.69, 9.17) is 11.6 Å². The van der Waals surface area contributed by atoms with Crippen LogP contribution >= 0.6 is 11.6 Å². The smallest absolute Gasteiger partial charge is 0.160 e. The molecule has 0 atom stereocenters. The highest BCUT2D eigenvalue weighted by Gasteiger charge is 2.10. The average molecular weight is 353 g/mol. The van der Waals surface area contributed by atoms with Crippen LogP contribution in [0, 0.1) is 12.7 Å². The minimum absolute atomic E-state index is 0.306. The van der Waals surface area contributed by atoms with Gasteiger partial charge in [-0.15, -0.1) is 0 Å². The highest BCUT2D eigenvalue weighted by atomic mass is 35.5. The van der Waals surface area contributed by atoms with Crippen LogP contribution < -0.4 is 5.32 Å². The number of hydrogen-bond donors (Lipinski definition) is 2. The third kappa shape index (κ3) is 3.06. The summed E-state index contributed by atoms with van der Waals surface area (Å²) in [7, 11) is 0. The number of aromatic amines is 1. The molecule has 6 heteroatoms. The van der Waals surface area contributed by atoms with Crippen LogP contribution in [0.3, 0.4) is 0 Å². The van der Waals surface area contributed by atoms with Crippen LogP contribution in [-0.2, 0) is 0 Å². The molecule has 0 amide bonds. The molecule has 0 aliphatic rings. The summed E-state index contributed by atoms with van der Waals surface area (Å²) in [4.78, 5) is 4.56. The fourth-order valence-electron chi connectivity index (χ4n) is 2.77. The second-order valence-corrected chi connectivity index (χ2v) is 6.16. The molecule has 2 heterocycles. The van der Waals surface area contributed by atoms with Gasteiger partial charge in [-0.1, -0.05) is 29.8 Å². The first kappa shape index (κ1) is 15.6. The van der Waals surface area contributed by atoms with Crippen molar-refractivity contribution in [3.05, 3.63) is 71.1 Å². The van der Waals surface area contributed by atoms with E-state index in [0.29, 0.717) is 16.2 Å². The van der Waals surface area contributed by atoms with E-state index in [9.17, 15) is 4.39 Å². The van der Waals surface area contributed by atoms with Crippen molar-refractivity contribution in [3.63, 3.8) is 0 Å². The van der Waals surface area contributed by atoms with Gasteiger partial charge in [0.1, 0.15) is 5.82 Å². The van der Waals surface area contributed by atoms with Crippen molar-refractivity contribution in [2.24, 2.45) is 0 Å². The Morgan fingerprint density at radius 3 is 2.76 bits per heavy atom. The van der Waals surface area contributed by atoms with Gasteiger partial charge in [-0.3, -0.25) is 10.1 Å². The standard InChI is InChI=1S/C19H14ClFN4/c1-11-8-13(10-18(22-11)14-4-2-3-5-16(14)20)23-19-15-9-12(21)6-7-17(15)24-25-19/h2-10H,1H3,(H2,22,23,24,25). The Labute approximate surface area is 148 Å². The lowest BCUT2D eigenvalue weighted by Crippen LogP contribution is -1.96. The van der Waals surface area contributed by atoms with Crippen molar-refractivity contribution in [1.29, 1.82) is 0 Å². The lowest BCUT2D eigenvalue weighted by atomic mass is 10.1. The number of nitrogens with zero attached hydrogens (tertiary/aromatic N) is 2. The van der Waals surface area contributed by atoms with E-state index in [1.165, 1.54) is 12.1 Å². The Hall–Kier alpha value is -2.92. The predicted molar refractivity (Wildman–Crippen MR) is 98.8 cm³/mol. The zero-order valence-electron chi connectivity index (χ0n) is 13.3. The van der Waals surface area contributed by atoms with Gasteiger partial charge < -0.3 is 5.32 Å². The summed E-state index contributed by atoms with van der Waals surface area (Å²) in [6.45, 7) is 1.91. The van der Waals surface area contributed by atoms with Crippen molar-refractivity contribution in [3.8, 4) is 11.3 Å². The average Bonchev–Trinajstić information content (AvgIpc) is 2.97. The highest BCUT2D eigenvalue weighted by Crippen LogP contribution is 2.30. The molecule has 2 N–H and O–H groups in total. The molecular formula is C19H14ClFN4. The monoisotopic (exact) mass is 352 g/mol. The first-order valence-corrected chi connectivity index (χ1v) is 8.12. The van der Waals surface area contributed by atoms with E-state index in [-0.39, 0.29) is 5.82 Å². The first-order chi connectivity index (χ1) is 12.1. The zero-order chi connectivity index (χ0) is 17.4. The molecule has 0 saturated heterocycles. The molecule has 0 spiro atoms. The SMILES string of the molecule is Cc1cc(Nc2n[nH]c3ccc(F)cc23)cc(-c2ccccc2Cl)n1. The first-order valence-electron chi connectivity index (χ1n) is 7.74. The second-order valence-electron chi connectivity index (χ2n) is 5.75. The number of H-pyrrole nitrogens is 1. The van der Waals surface area contributed by atoms with Gasteiger partial charge in [0.15, 0.2) is 5.82 Å². The van der Waals surface area contributed by atoms with Crippen LogP contribution in [-0.4, -0.2) is 15.2 Å². The van der Waals surface area contributed by atoms with E-state index in [1.807, 2.05) is 43.3 Å². The van der Waals surface area contributed by atoms with Gasteiger partial charge in [0.25, 0.3) is 0 Å². The van der Waals surface area contributed by atoms with E-state index >= 15 is 0 Å². The van der Waals surface area contributed by atoms with Gasteiger partial charge in [0, 0.05) is 27.4 Å². The number of nitrogens with one attached hydrogen (secondary N) is 2. The van der Waals surface area contributed by atoms with E-state index in [0.717, 1.165) is 28.2 Å². The largest absolute Gasteiger partial charge is 0.338 e. The Morgan fingerprint density at radius 1 is 1.08 bits per heavy atom. The Balaban J connectivity index is 1.76. The lowest BCUT2D eigenvalue weighted by molar-refractivity contribution is 0.630. The molecule has 0 saturated carbocycles. The number of fused-ring (bicyclic) bond motifs is 1. The molecule has 2 aromatic carbocycles. The number of halogens is 2. The molecule has 0 aliphatic carbocycles. The molecule has 4 rings (SSSR count). The lowest BCUT2D eigenvalue weighted by Gasteiger charge is -2.09. The molecule has 0 bridgehead atoms. The highest BCUT2D eigenvalue weighted by molar-refractivity contribution is 6.33. The molecule has 0 fully saturated rings. The summed E-state index contributed by atoms with van der Waals surface area (Å²) in [6, 6.07) is 15.9. The summed E-state index contributed by atoms with van der Waals surface area (Å²) in [5, 5.41) is 11.7. The quantitative estimate of drug-likeness (QED) is 0.514. The normalized spacial score (nSPS) is 11.0. The summed E-state index contributed by atoms with van der Waals surface area (Å²) < 4.78 is 13.5. The van der Waals surface area contributed by atoms with Gasteiger partial charge in [-0.05, 0) is 43.3 Å². The number of rotatable bonds is 3. The third-order valence-electron chi connectivity index (χ3n) is 3.89. The third-order valence-corrected chi connectivity index (χ3v) is 4.22. The number of anilines is 2. The van der Waals surface area contributed by atoms with Gasteiger partial charge in [-0.25, -0.2) is 4.39 Å². The minimum Gasteiger partial charge on any atom is -0.338 e. The molecule has 0 aliphatic heterocycles. The van der Waals surface area contributed by atoms with Crippen molar-refractivity contribution in [2.75, 3.05) is 5.32 Å². The zero-order valence-corrected chi connectivity index (χ0v) is 14.1. The van der Waals surface area contributed by atoms with Gasteiger partial charge in [-0.2, -0.15) is 5.10 Å². The summed E-state index contributed by atoms with van der Waals surface area (Å²) >= 11 is 6.28. The van der Waals surface area contributed by atoms with E-state index in [1.54, 1.807) is 6.07 Å². The minimum atomic E-state index is -0.306. The molecule has 124 valence electrons. The molecule has 25 heavy (non-hydrogen) atoms. The van der Waals surface area contributed by atoms with Crippen LogP contribution in [0.15, 0.2) is 54.6 Å². The van der Waals surface area contributed by atoms with E-state index < -0.39 is 0 Å². The van der Waals surface area contributed by atoms with Gasteiger partial charge in [0.05, 0.1) is 11.2 Å². The van der Waals surface area contributed by atoms with Gasteiger partial charge >= 0.3 is 0 Å². The number of hydrogen-bond acceptors (Lipinski definition) is 3. The number of pyridine rings is 1. The number of aromatic nitrogens is 3. The fourth-order valence-corrected chi connectivity index (χ4v) is 3.00. The van der Waals surface area contributed by atoms with Crippen LogP contribution in [0.1, 0.15) is 5.69 Å². The Kier molecular flexibility index (Phi) is 3.86. The van der Waals surface area contributed by atoms with Crippen LogP contribution in [0.5, 0.6) is 0 Å².